The maximum absolute atomic E-state index is 12.4. The number of carbonyl (C=O) groups excluding carboxylic acids is 1. The first-order chi connectivity index (χ1) is 13.5. The number of hydrogen-bond donors (Lipinski definition) is 1. The number of nitrogens with one attached hydrogen (secondary N) is 1. The Morgan fingerprint density at radius 1 is 1.11 bits per heavy atom. The van der Waals surface area contributed by atoms with Crippen LogP contribution >= 0.6 is 11.8 Å². The van der Waals surface area contributed by atoms with Crippen LogP contribution in [0.25, 0.3) is 0 Å². The maximum Gasteiger partial charge on any atom is 0.434 e. The van der Waals surface area contributed by atoms with E-state index < -0.39 is 6.09 Å². The molecule has 1 amide bonds. The number of ether oxygens (including phenoxy) is 1. The smallest absolute Gasteiger partial charge is 0.434 e. The number of para-hydroxylation sites is 1. The number of nitrogens with zero attached hydrogens (tertiary/aromatic N) is 4. The zero-order chi connectivity index (χ0) is 20.1. The van der Waals surface area contributed by atoms with Gasteiger partial charge in [-0.25, -0.2) is 14.8 Å². The van der Waals surface area contributed by atoms with Crippen molar-refractivity contribution in [2.24, 2.45) is 0 Å². The van der Waals surface area contributed by atoms with E-state index in [2.05, 4.69) is 38.7 Å². The average Bonchev–Trinajstić information content (AvgIpc) is 2.74. The van der Waals surface area contributed by atoms with Gasteiger partial charge in [0.15, 0.2) is 0 Å². The molecule has 2 heterocycles. The Hall–Kier alpha value is -2.68. The first-order valence-electron chi connectivity index (χ1n) is 9.02. The molecule has 3 rings (SSSR count). The van der Waals surface area contributed by atoms with Crippen molar-refractivity contribution in [3.05, 3.63) is 35.7 Å². The molecule has 150 valence electrons. The molecule has 0 saturated carbocycles. The summed E-state index contributed by atoms with van der Waals surface area (Å²) < 4.78 is 5.19. The molecule has 1 saturated heterocycles. The molecule has 1 aliphatic heterocycles. The molecule has 0 spiro atoms. The Morgan fingerprint density at radius 3 is 2.46 bits per heavy atom. The van der Waals surface area contributed by atoms with Crippen molar-refractivity contribution < 1.29 is 14.4 Å². The molecule has 1 aromatic heterocycles. The van der Waals surface area contributed by atoms with Crippen molar-refractivity contribution in [1.82, 2.24) is 14.9 Å². The zero-order valence-corrected chi connectivity index (χ0v) is 17.4. The summed E-state index contributed by atoms with van der Waals surface area (Å²) >= 11 is 1.73. The van der Waals surface area contributed by atoms with Crippen LogP contribution in [0.3, 0.4) is 0 Å². The number of carbonyl (C=O) groups is 1. The Kier molecular flexibility index (Phi) is 6.45. The summed E-state index contributed by atoms with van der Waals surface area (Å²) in [5.74, 6) is 0.570. The lowest BCUT2D eigenvalue weighted by Gasteiger charge is -2.36. The number of benzene rings is 1. The van der Waals surface area contributed by atoms with Crippen molar-refractivity contribution in [2.75, 3.05) is 49.9 Å². The van der Waals surface area contributed by atoms with E-state index in [4.69, 9.17) is 9.57 Å². The number of amides is 1. The van der Waals surface area contributed by atoms with Crippen LogP contribution in [0.2, 0.25) is 0 Å². The third kappa shape index (κ3) is 4.41. The van der Waals surface area contributed by atoms with Gasteiger partial charge in [-0.1, -0.05) is 12.1 Å². The summed E-state index contributed by atoms with van der Waals surface area (Å²) in [5.41, 5.74) is 5.28. The van der Waals surface area contributed by atoms with E-state index in [1.807, 2.05) is 26.0 Å². The largest absolute Gasteiger partial charge is 0.478 e. The van der Waals surface area contributed by atoms with Gasteiger partial charge in [0.05, 0.1) is 24.2 Å². The van der Waals surface area contributed by atoms with Gasteiger partial charge in [-0.2, -0.15) is 5.48 Å². The molecule has 0 atom stereocenters. The van der Waals surface area contributed by atoms with Crippen molar-refractivity contribution in [2.45, 2.75) is 18.7 Å². The van der Waals surface area contributed by atoms with Crippen LogP contribution in [0.5, 0.6) is 5.88 Å². The topological polar surface area (TPSA) is 79.8 Å². The van der Waals surface area contributed by atoms with E-state index in [0.717, 1.165) is 24.5 Å². The van der Waals surface area contributed by atoms with Crippen LogP contribution in [-0.4, -0.2) is 60.5 Å². The fourth-order valence-electron chi connectivity index (χ4n) is 2.97. The second-order valence-corrected chi connectivity index (χ2v) is 7.22. The quantitative estimate of drug-likeness (QED) is 0.603. The molecular formula is C19H25N5O3S. The minimum Gasteiger partial charge on any atom is -0.478 e. The summed E-state index contributed by atoms with van der Waals surface area (Å²) in [6, 6.07) is 8.31. The highest BCUT2D eigenvalue weighted by molar-refractivity contribution is 7.98. The molecule has 0 radical (unpaired) electrons. The molecule has 2 aromatic rings. The molecule has 1 N–H and O–H groups in total. The minimum atomic E-state index is -0.445. The maximum atomic E-state index is 12.4. The summed E-state index contributed by atoms with van der Waals surface area (Å²) in [7, 11) is 1.50. The van der Waals surface area contributed by atoms with Crippen molar-refractivity contribution in [3.8, 4) is 5.88 Å². The van der Waals surface area contributed by atoms with Gasteiger partial charge >= 0.3 is 6.09 Å². The average molecular weight is 404 g/mol. The zero-order valence-electron chi connectivity index (χ0n) is 16.6. The molecule has 8 nitrogen and oxygen atoms in total. The lowest BCUT2D eigenvalue weighted by molar-refractivity contribution is 0.119. The highest BCUT2D eigenvalue weighted by Gasteiger charge is 2.24. The molecule has 0 unspecified atom stereocenters. The second kappa shape index (κ2) is 9.01. The third-order valence-electron chi connectivity index (χ3n) is 4.67. The Bertz CT molecular complexity index is 840. The number of anilines is 2. The van der Waals surface area contributed by atoms with Crippen LogP contribution in [0, 0.1) is 13.8 Å². The number of thioether (sulfide) groups is 1. The molecule has 9 heteroatoms. The highest BCUT2D eigenvalue weighted by Crippen LogP contribution is 2.29. The fraction of sp³-hybridized carbons (Fsp3) is 0.421. The summed E-state index contributed by atoms with van der Waals surface area (Å²) in [6.45, 7) is 6.34. The van der Waals surface area contributed by atoms with Gasteiger partial charge in [-0.3, -0.25) is 0 Å². The number of hydrogen-bond acceptors (Lipinski definition) is 8. The molecule has 1 aliphatic rings. The van der Waals surface area contributed by atoms with E-state index in [0.29, 0.717) is 13.1 Å². The van der Waals surface area contributed by atoms with Crippen LogP contribution in [0.1, 0.15) is 11.4 Å². The van der Waals surface area contributed by atoms with Crippen molar-refractivity contribution >= 4 is 29.4 Å². The van der Waals surface area contributed by atoms with Crippen LogP contribution in [-0.2, 0) is 4.84 Å². The van der Waals surface area contributed by atoms with E-state index in [1.165, 1.54) is 17.7 Å². The van der Waals surface area contributed by atoms with Crippen LogP contribution < -0.4 is 15.1 Å². The Labute approximate surface area is 169 Å². The van der Waals surface area contributed by atoms with Crippen molar-refractivity contribution in [3.63, 3.8) is 0 Å². The predicted molar refractivity (Wildman–Crippen MR) is 110 cm³/mol. The second-order valence-electron chi connectivity index (χ2n) is 6.37. The molecule has 0 aliphatic carbocycles. The monoisotopic (exact) mass is 403 g/mol. The van der Waals surface area contributed by atoms with Crippen LogP contribution in [0.4, 0.5) is 16.3 Å². The van der Waals surface area contributed by atoms with Gasteiger partial charge < -0.3 is 19.4 Å². The van der Waals surface area contributed by atoms with Gasteiger partial charge in [0, 0.05) is 31.1 Å². The van der Waals surface area contributed by atoms with E-state index in [1.54, 1.807) is 16.7 Å². The molecule has 0 bridgehead atoms. The summed E-state index contributed by atoms with van der Waals surface area (Å²) in [5, 5.41) is 0. The van der Waals surface area contributed by atoms with Crippen LogP contribution in [0.15, 0.2) is 29.2 Å². The van der Waals surface area contributed by atoms with Gasteiger partial charge in [0.2, 0.25) is 5.82 Å². The first kappa shape index (κ1) is 20.1. The van der Waals surface area contributed by atoms with Gasteiger partial charge in [-0.15, -0.1) is 11.8 Å². The lowest BCUT2D eigenvalue weighted by Crippen LogP contribution is -2.49. The number of piperazine rings is 1. The SMILES string of the molecule is COc1nc(C)c(C)nc1NOC(=O)N1CCN(c2ccccc2SC)CC1. The van der Waals surface area contributed by atoms with Gasteiger partial charge in [0.1, 0.15) is 0 Å². The molecule has 1 fully saturated rings. The van der Waals surface area contributed by atoms with E-state index in [9.17, 15) is 4.79 Å². The Morgan fingerprint density at radius 2 is 1.79 bits per heavy atom. The fourth-order valence-corrected chi connectivity index (χ4v) is 3.59. The third-order valence-corrected chi connectivity index (χ3v) is 5.45. The number of aromatic nitrogens is 2. The lowest BCUT2D eigenvalue weighted by atomic mass is 10.2. The number of methoxy groups -OCH3 is 1. The van der Waals surface area contributed by atoms with E-state index >= 15 is 0 Å². The number of aryl methyl sites for hydroxylation is 2. The van der Waals surface area contributed by atoms with Gasteiger partial charge in [-0.05, 0) is 32.2 Å². The summed E-state index contributed by atoms with van der Waals surface area (Å²) in [6.07, 6.45) is 1.63. The summed E-state index contributed by atoms with van der Waals surface area (Å²) in [4.78, 5) is 31.5. The molecular weight excluding hydrogens is 378 g/mol. The minimum absolute atomic E-state index is 0.284. The standard InChI is InChI=1S/C19H25N5O3S/c1-13-14(2)21-18(26-3)17(20-13)22-27-19(25)24-11-9-23(10-12-24)15-7-5-6-8-16(15)28-4/h5-8H,9-12H2,1-4H3,(H,20,22). The molecule has 1 aromatic carbocycles. The number of rotatable bonds is 5. The van der Waals surface area contributed by atoms with Crippen molar-refractivity contribution in [1.29, 1.82) is 0 Å². The van der Waals surface area contributed by atoms with Gasteiger partial charge in [0.25, 0.3) is 5.88 Å². The molecule has 28 heavy (non-hydrogen) atoms. The normalized spacial score (nSPS) is 14.0. The highest BCUT2D eigenvalue weighted by atomic mass is 32.2. The van der Waals surface area contributed by atoms with E-state index in [-0.39, 0.29) is 11.7 Å². The first-order valence-corrected chi connectivity index (χ1v) is 10.2. The predicted octanol–water partition coefficient (Wildman–Crippen LogP) is 3.11. The Balaban J connectivity index is 1.57.